The van der Waals surface area contributed by atoms with Gasteiger partial charge in [-0.3, -0.25) is 9.89 Å². The third-order valence-corrected chi connectivity index (χ3v) is 3.87. The number of guanidine groups is 1. The second-order valence-corrected chi connectivity index (χ2v) is 5.29. The van der Waals surface area contributed by atoms with Gasteiger partial charge in [-0.15, -0.1) is 0 Å². The van der Waals surface area contributed by atoms with E-state index in [1.165, 1.54) is 6.07 Å². The normalized spacial score (nSPS) is 13.3. The molecule has 0 bridgehead atoms. The topological polar surface area (TPSA) is 39.7 Å². The zero-order valence-corrected chi connectivity index (χ0v) is 14.2. The Kier molecular flexibility index (Phi) is 8.51. The highest BCUT2D eigenvalue weighted by Crippen LogP contribution is 2.06. The summed E-state index contributed by atoms with van der Waals surface area (Å²) in [5.74, 6) is 0.609. The number of halogens is 1. The fourth-order valence-electron chi connectivity index (χ4n) is 2.46. The Morgan fingerprint density at radius 2 is 1.91 bits per heavy atom. The van der Waals surface area contributed by atoms with Crippen LogP contribution in [0.25, 0.3) is 0 Å². The Morgan fingerprint density at radius 1 is 1.23 bits per heavy atom. The van der Waals surface area contributed by atoms with Crippen molar-refractivity contribution in [3.05, 3.63) is 35.6 Å². The Bertz CT molecular complexity index is 458. The van der Waals surface area contributed by atoms with E-state index in [9.17, 15) is 4.39 Å². The second-order valence-electron chi connectivity index (χ2n) is 5.29. The highest BCUT2D eigenvalue weighted by Gasteiger charge is 2.10. The molecular weight excluding hydrogens is 279 g/mol. The lowest BCUT2D eigenvalue weighted by Crippen LogP contribution is -2.46. The van der Waals surface area contributed by atoms with Crippen molar-refractivity contribution in [3.8, 4) is 0 Å². The predicted molar refractivity (Wildman–Crippen MR) is 91.9 cm³/mol. The first-order chi connectivity index (χ1) is 10.6. The number of nitrogens with zero attached hydrogens (tertiary/aromatic N) is 2. The Labute approximate surface area is 133 Å². The highest BCUT2D eigenvalue weighted by atomic mass is 19.1. The van der Waals surface area contributed by atoms with Crippen LogP contribution in [0.5, 0.6) is 0 Å². The first kappa shape index (κ1) is 18.4. The summed E-state index contributed by atoms with van der Waals surface area (Å²) in [6.45, 7) is 10.1. The number of rotatable bonds is 8. The monoisotopic (exact) mass is 308 g/mol. The molecule has 0 saturated heterocycles. The molecule has 0 aliphatic rings. The number of hydrogen-bond acceptors (Lipinski definition) is 2. The predicted octanol–water partition coefficient (Wildman–Crippen LogP) is 2.26. The van der Waals surface area contributed by atoms with E-state index in [2.05, 4.69) is 41.3 Å². The van der Waals surface area contributed by atoms with Crippen LogP contribution >= 0.6 is 0 Å². The molecular formula is C17H29FN4. The highest BCUT2D eigenvalue weighted by molar-refractivity contribution is 5.79. The van der Waals surface area contributed by atoms with Gasteiger partial charge in [0, 0.05) is 26.2 Å². The van der Waals surface area contributed by atoms with Gasteiger partial charge in [-0.2, -0.15) is 0 Å². The van der Waals surface area contributed by atoms with Gasteiger partial charge in [0.15, 0.2) is 5.96 Å². The zero-order chi connectivity index (χ0) is 16.4. The number of hydrogen-bond donors (Lipinski definition) is 2. The molecule has 0 radical (unpaired) electrons. The third-order valence-electron chi connectivity index (χ3n) is 3.87. The molecule has 0 amide bonds. The summed E-state index contributed by atoms with van der Waals surface area (Å²) in [6.07, 6.45) is 0.638. The van der Waals surface area contributed by atoms with E-state index in [0.29, 0.717) is 19.0 Å². The van der Waals surface area contributed by atoms with Crippen molar-refractivity contribution in [2.75, 3.05) is 33.2 Å². The maximum absolute atomic E-state index is 13.5. The molecule has 2 N–H and O–H groups in total. The molecule has 0 heterocycles. The van der Waals surface area contributed by atoms with Gasteiger partial charge >= 0.3 is 0 Å². The first-order valence-electron chi connectivity index (χ1n) is 8.04. The maximum Gasteiger partial charge on any atom is 0.191 e. The second kappa shape index (κ2) is 10.2. The van der Waals surface area contributed by atoms with Crippen molar-refractivity contribution in [1.29, 1.82) is 0 Å². The van der Waals surface area contributed by atoms with Crippen molar-refractivity contribution in [1.82, 2.24) is 15.5 Å². The van der Waals surface area contributed by atoms with Gasteiger partial charge in [0.1, 0.15) is 5.82 Å². The SMILES string of the molecule is CCN(CC)C(C)CNC(=NC)NCCc1ccccc1F. The van der Waals surface area contributed by atoms with E-state index >= 15 is 0 Å². The van der Waals surface area contributed by atoms with E-state index in [0.717, 1.165) is 31.2 Å². The van der Waals surface area contributed by atoms with E-state index in [-0.39, 0.29) is 5.82 Å². The quantitative estimate of drug-likeness (QED) is 0.572. The fraction of sp³-hybridized carbons (Fsp3) is 0.588. The van der Waals surface area contributed by atoms with Gasteiger partial charge < -0.3 is 10.6 Å². The minimum atomic E-state index is -0.151. The zero-order valence-electron chi connectivity index (χ0n) is 14.2. The summed E-state index contributed by atoms with van der Waals surface area (Å²) in [5.41, 5.74) is 0.724. The van der Waals surface area contributed by atoms with Gasteiger partial charge in [-0.1, -0.05) is 32.0 Å². The van der Waals surface area contributed by atoms with Gasteiger partial charge in [-0.05, 0) is 38.1 Å². The molecule has 0 fully saturated rings. The molecule has 0 aromatic heterocycles. The molecule has 0 aliphatic heterocycles. The van der Waals surface area contributed by atoms with E-state index in [4.69, 9.17) is 0 Å². The molecule has 0 aliphatic carbocycles. The average Bonchev–Trinajstić information content (AvgIpc) is 2.53. The van der Waals surface area contributed by atoms with Crippen LogP contribution in [-0.4, -0.2) is 50.1 Å². The Balaban J connectivity index is 2.35. The standard InChI is InChI=1S/C17H29FN4/c1-5-22(6-2)14(3)13-21-17(19-4)20-12-11-15-9-7-8-10-16(15)18/h7-10,14H,5-6,11-13H2,1-4H3,(H2,19,20,21). The van der Waals surface area contributed by atoms with Crippen molar-refractivity contribution in [2.45, 2.75) is 33.2 Å². The molecule has 1 aromatic rings. The lowest BCUT2D eigenvalue weighted by atomic mass is 10.1. The van der Waals surface area contributed by atoms with Gasteiger partial charge in [0.05, 0.1) is 0 Å². The molecule has 1 aromatic carbocycles. The van der Waals surface area contributed by atoms with Crippen molar-refractivity contribution in [2.24, 2.45) is 4.99 Å². The Hall–Kier alpha value is -1.62. The van der Waals surface area contributed by atoms with Crippen molar-refractivity contribution < 1.29 is 4.39 Å². The summed E-state index contributed by atoms with van der Waals surface area (Å²) in [7, 11) is 1.75. The van der Waals surface area contributed by atoms with Crippen LogP contribution in [0.4, 0.5) is 4.39 Å². The summed E-state index contributed by atoms with van der Waals surface area (Å²) in [6, 6.07) is 7.32. The summed E-state index contributed by atoms with van der Waals surface area (Å²) >= 11 is 0. The molecule has 0 saturated carbocycles. The molecule has 22 heavy (non-hydrogen) atoms. The van der Waals surface area contributed by atoms with E-state index < -0.39 is 0 Å². The molecule has 4 nitrogen and oxygen atoms in total. The Morgan fingerprint density at radius 3 is 2.50 bits per heavy atom. The van der Waals surface area contributed by atoms with Crippen LogP contribution in [0.15, 0.2) is 29.3 Å². The van der Waals surface area contributed by atoms with Crippen molar-refractivity contribution >= 4 is 5.96 Å². The van der Waals surface area contributed by atoms with E-state index in [1.54, 1.807) is 13.1 Å². The van der Waals surface area contributed by atoms with Crippen LogP contribution in [0.3, 0.4) is 0 Å². The van der Waals surface area contributed by atoms with Crippen LogP contribution < -0.4 is 10.6 Å². The number of benzene rings is 1. The fourth-order valence-corrected chi connectivity index (χ4v) is 2.46. The van der Waals surface area contributed by atoms with Crippen LogP contribution in [0.1, 0.15) is 26.3 Å². The first-order valence-corrected chi connectivity index (χ1v) is 8.04. The maximum atomic E-state index is 13.5. The summed E-state index contributed by atoms with van der Waals surface area (Å²) < 4.78 is 13.5. The number of aliphatic imine (C=N–C) groups is 1. The molecule has 1 atom stereocenters. The molecule has 1 unspecified atom stereocenters. The minimum Gasteiger partial charge on any atom is -0.356 e. The summed E-state index contributed by atoms with van der Waals surface area (Å²) in [5, 5.41) is 6.55. The third kappa shape index (κ3) is 6.02. The smallest absolute Gasteiger partial charge is 0.191 e. The van der Waals surface area contributed by atoms with E-state index in [1.807, 2.05) is 12.1 Å². The van der Waals surface area contributed by atoms with Gasteiger partial charge in [0.25, 0.3) is 0 Å². The lowest BCUT2D eigenvalue weighted by molar-refractivity contribution is 0.231. The average molecular weight is 308 g/mol. The van der Waals surface area contributed by atoms with Crippen LogP contribution in [-0.2, 0) is 6.42 Å². The molecule has 5 heteroatoms. The summed E-state index contributed by atoms with van der Waals surface area (Å²) in [4.78, 5) is 6.60. The van der Waals surface area contributed by atoms with Crippen LogP contribution in [0, 0.1) is 5.82 Å². The van der Waals surface area contributed by atoms with Gasteiger partial charge in [-0.25, -0.2) is 4.39 Å². The lowest BCUT2D eigenvalue weighted by Gasteiger charge is -2.27. The molecule has 124 valence electrons. The van der Waals surface area contributed by atoms with Gasteiger partial charge in [0.2, 0.25) is 0 Å². The molecule has 1 rings (SSSR count). The number of likely N-dealkylation sites (N-methyl/N-ethyl adjacent to an activating group) is 1. The minimum absolute atomic E-state index is 0.151. The molecule has 0 spiro atoms. The van der Waals surface area contributed by atoms with Crippen LogP contribution in [0.2, 0.25) is 0 Å². The van der Waals surface area contributed by atoms with Crippen molar-refractivity contribution in [3.63, 3.8) is 0 Å². The largest absolute Gasteiger partial charge is 0.356 e. The number of nitrogens with one attached hydrogen (secondary N) is 2.